The summed E-state index contributed by atoms with van der Waals surface area (Å²) in [5.41, 5.74) is 0.146. The van der Waals surface area contributed by atoms with Crippen LogP contribution in [0.3, 0.4) is 0 Å². The van der Waals surface area contributed by atoms with E-state index >= 15 is 0 Å². The molecule has 0 unspecified atom stereocenters. The standard InChI is InChI=1S/C10H12O4/c1-2-3-4-13-7-9-5-8(6-14-9)10(11)12/h2,5-6H,1,3-4,7H2,(H,11,12). The number of hydrogen-bond acceptors (Lipinski definition) is 3. The van der Waals surface area contributed by atoms with Crippen molar-refractivity contribution >= 4 is 5.97 Å². The minimum Gasteiger partial charge on any atom is -0.478 e. The summed E-state index contributed by atoms with van der Waals surface area (Å²) in [5.74, 6) is -0.474. The predicted octanol–water partition coefficient (Wildman–Crippen LogP) is 2.07. The molecular formula is C10H12O4. The Morgan fingerprint density at radius 2 is 2.50 bits per heavy atom. The molecule has 0 fully saturated rings. The van der Waals surface area contributed by atoms with Crippen molar-refractivity contribution in [3.8, 4) is 0 Å². The minimum atomic E-state index is -0.994. The molecule has 1 N–H and O–H groups in total. The second-order valence-electron chi connectivity index (χ2n) is 2.74. The van der Waals surface area contributed by atoms with Gasteiger partial charge in [0.05, 0.1) is 12.2 Å². The fourth-order valence-electron chi connectivity index (χ4n) is 0.908. The Morgan fingerprint density at radius 3 is 3.07 bits per heavy atom. The van der Waals surface area contributed by atoms with E-state index < -0.39 is 5.97 Å². The van der Waals surface area contributed by atoms with Crippen molar-refractivity contribution in [3.63, 3.8) is 0 Å². The summed E-state index contributed by atoms with van der Waals surface area (Å²) in [6.45, 7) is 4.41. The first-order chi connectivity index (χ1) is 6.74. The van der Waals surface area contributed by atoms with Gasteiger partial charge in [0.25, 0.3) is 0 Å². The lowest BCUT2D eigenvalue weighted by molar-refractivity contribution is 0.0696. The normalized spacial score (nSPS) is 10.0. The van der Waals surface area contributed by atoms with Crippen LogP contribution < -0.4 is 0 Å². The molecule has 76 valence electrons. The van der Waals surface area contributed by atoms with Crippen LogP contribution in [0.15, 0.2) is 29.4 Å². The average molecular weight is 196 g/mol. The Labute approximate surface area is 81.8 Å². The van der Waals surface area contributed by atoms with E-state index in [1.165, 1.54) is 12.3 Å². The van der Waals surface area contributed by atoms with Crippen LogP contribution in [0.25, 0.3) is 0 Å². The smallest absolute Gasteiger partial charge is 0.338 e. The van der Waals surface area contributed by atoms with Gasteiger partial charge in [0.1, 0.15) is 18.6 Å². The van der Waals surface area contributed by atoms with Crippen LogP contribution in [-0.4, -0.2) is 17.7 Å². The third-order valence-corrected chi connectivity index (χ3v) is 1.61. The summed E-state index contributed by atoms with van der Waals surface area (Å²) in [4.78, 5) is 10.5. The Kier molecular flexibility index (Phi) is 3.94. The molecular weight excluding hydrogens is 184 g/mol. The van der Waals surface area contributed by atoms with E-state index in [0.717, 1.165) is 6.42 Å². The van der Waals surface area contributed by atoms with Crippen LogP contribution in [0.5, 0.6) is 0 Å². The highest BCUT2D eigenvalue weighted by atomic mass is 16.5. The summed E-state index contributed by atoms with van der Waals surface area (Å²) < 4.78 is 10.2. The largest absolute Gasteiger partial charge is 0.478 e. The lowest BCUT2D eigenvalue weighted by atomic mass is 10.3. The highest BCUT2D eigenvalue weighted by molar-refractivity contribution is 5.87. The summed E-state index contributed by atoms with van der Waals surface area (Å²) in [6, 6.07) is 1.45. The zero-order chi connectivity index (χ0) is 10.4. The van der Waals surface area contributed by atoms with E-state index in [9.17, 15) is 4.79 Å². The van der Waals surface area contributed by atoms with Crippen molar-refractivity contribution in [1.29, 1.82) is 0 Å². The van der Waals surface area contributed by atoms with E-state index in [4.69, 9.17) is 14.3 Å². The molecule has 0 aliphatic carbocycles. The molecule has 0 aromatic carbocycles. The molecule has 0 radical (unpaired) electrons. The lowest BCUT2D eigenvalue weighted by Crippen LogP contribution is -1.94. The zero-order valence-corrected chi connectivity index (χ0v) is 7.73. The first kappa shape index (κ1) is 10.5. The molecule has 1 aromatic rings. The lowest BCUT2D eigenvalue weighted by Gasteiger charge is -1.97. The topological polar surface area (TPSA) is 59.7 Å². The molecule has 0 saturated carbocycles. The number of rotatable bonds is 6. The van der Waals surface area contributed by atoms with Gasteiger partial charge in [-0.1, -0.05) is 6.08 Å². The van der Waals surface area contributed by atoms with Gasteiger partial charge in [0.2, 0.25) is 0 Å². The maximum absolute atomic E-state index is 10.5. The fourth-order valence-corrected chi connectivity index (χ4v) is 0.908. The molecule has 0 amide bonds. The van der Waals surface area contributed by atoms with Gasteiger partial charge in [-0.05, 0) is 12.5 Å². The molecule has 1 aromatic heterocycles. The molecule has 0 spiro atoms. The van der Waals surface area contributed by atoms with E-state index in [1.807, 2.05) is 0 Å². The summed E-state index contributed by atoms with van der Waals surface area (Å²) in [6.07, 6.45) is 3.73. The van der Waals surface area contributed by atoms with Gasteiger partial charge in [-0.15, -0.1) is 6.58 Å². The molecule has 4 heteroatoms. The molecule has 0 aliphatic rings. The van der Waals surface area contributed by atoms with Crippen molar-refractivity contribution in [1.82, 2.24) is 0 Å². The summed E-state index contributed by atoms with van der Waals surface area (Å²) in [7, 11) is 0. The highest BCUT2D eigenvalue weighted by Crippen LogP contribution is 2.08. The summed E-state index contributed by atoms with van der Waals surface area (Å²) >= 11 is 0. The SMILES string of the molecule is C=CCCOCc1cc(C(=O)O)co1. The Bertz CT molecular complexity index is 314. The number of carboxylic acid groups (broad SMARTS) is 1. The molecule has 4 nitrogen and oxygen atoms in total. The number of aromatic carboxylic acids is 1. The second-order valence-corrected chi connectivity index (χ2v) is 2.74. The van der Waals surface area contributed by atoms with Crippen LogP contribution >= 0.6 is 0 Å². The van der Waals surface area contributed by atoms with E-state index in [-0.39, 0.29) is 5.56 Å². The van der Waals surface area contributed by atoms with Crippen molar-refractivity contribution in [3.05, 3.63) is 36.3 Å². The van der Waals surface area contributed by atoms with Gasteiger partial charge < -0.3 is 14.3 Å². The predicted molar refractivity (Wildman–Crippen MR) is 50.1 cm³/mol. The third kappa shape index (κ3) is 3.06. The van der Waals surface area contributed by atoms with Gasteiger partial charge in [-0.2, -0.15) is 0 Å². The van der Waals surface area contributed by atoms with Crippen molar-refractivity contribution < 1.29 is 19.1 Å². The van der Waals surface area contributed by atoms with Crippen LogP contribution in [0.2, 0.25) is 0 Å². The van der Waals surface area contributed by atoms with Crippen molar-refractivity contribution in [2.24, 2.45) is 0 Å². The molecule has 0 aliphatic heterocycles. The first-order valence-corrected chi connectivity index (χ1v) is 4.23. The van der Waals surface area contributed by atoms with Crippen LogP contribution in [0, 0.1) is 0 Å². The molecule has 14 heavy (non-hydrogen) atoms. The Morgan fingerprint density at radius 1 is 1.71 bits per heavy atom. The Balaban J connectivity index is 2.36. The van der Waals surface area contributed by atoms with Gasteiger partial charge in [0, 0.05) is 0 Å². The van der Waals surface area contributed by atoms with Gasteiger partial charge in [-0.25, -0.2) is 4.79 Å². The van der Waals surface area contributed by atoms with Crippen LogP contribution in [0.1, 0.15) is 22.5 Å². The minimum absolute atomic E-state index is 0.146. The maximum atomic E-state index is 10.5. The molecule has 0 saturated heterocycles. The quantitative estimate of drug-likeness (QED) is 0.559. The summed E-state index contributed by atoms with van der Waals surface area (Å²) in [5, 5.41) is 8.59. The molecule has 1 rings (SSSR count). The second kappa shape index (κ2) is 5.24. The van der Waals surface area contributed by atoms with Crippen LogP contribution in [-0.2, 0) is 11.3 Å². The van der Waals surface area contributed by atoms with E-state index in [0.29, 0.717) is 19.0 Å². The first-order valence-electron chi connectivity index (χ1n) is 4.23. The maximum Gasteiger partial charge on any atom is 0.338 e. The van der Waals surface area contributed by atoms with E-state index in [2.05, 4.69) is 6.58 Å². The van der Waals surface area contributed by atoms with Crippen molar-refractivity contribution in [2.75, 3.05) is 6.61 Å². The monoisotopic (exact) mass is 196 g/mol. The number of carboxylic acids is 1. The third-order valence-electron chi connectivity index (χ3n) is 1.61. The molecule has 0 atom stereocenters. The number of carbonyl (C=O) groups is 1. The number of ether oxygens (including phenoxy) is 1. The van der Waals surface area contributed by atoms with E-state index in [1.54, 1.807) is 6.08 Å². The van der Waals surface area contributed by atoms with Gasteiger partial charge in [-0.3, -0.25) is 0 Å². The fraction of sp³-hybridized carbons (Fsp3) is 0.300. The zero-order valence-electron chi connectivity index (χ0n) is 7.73. The number of hydrogen-bond donors (Lipinski definition) is 1. The molecule has 1 heterocycles. The van der Waals surface area contributed by atoms with Gasteiger partial charge >= 0.3 is 5.97 Å². The van der Waals surface area contributed by atoms with Crippen LogP contribution in [0.4, 0.5) is 0 Å². The average Bonchev–Trinajstić information content (AvgIpc) is 2.61. The van der Waals surface area contributed by atoms with Crippen molar-refractivity contribution in [2.45, 2.75) is 13.0 Å². The Hall–Kier alpha value is -1.55. The number of furan rings is 1. The van der Waals surface area contributed by atoms with Gasteiger partial charge in [0.15, 0.2) is 0 Å². The molecule has 0 bridgehead atoms. The highest BCUT2D eigenvalue weighted by Gasteiger charge is 2.07.